The number of hydrogen-bond donors (Lipinski definition) is 0. The van der Waals surface area contributed by atoms with Crippen LogP contribution in [0.3, 0.4) is 0 Å². The number of carbonyl (C=O) groups is 3. The molecule has 1 aromatic rings. The van der Waals surface area contributed by atoms with E-state index in [4.69, 9.17) is 9.47 Å². The van der Waals surface area contributed by atoms with Crippen molar-refractivity contribution in [3.8, 4) is 0 Å². The summed E-state index contributed by atoms with van der Waals surface area (Å²) in [4.78, 5) is 34.8. The van der Waals surface area contributed by atoms with Crippen LogP contribution in [0.15, 0.2) is 29.8 Å². The highest BCUT2D eigenvalue weighted by Gasteiger charge is 2.47. The molecular weight excluding hydrogens is 288 g/mol. The second-order valence-electron chi connectivity index (χ2n) is 5.36. The number of esters is 2. The van der Waals surface area contributed by atoms with Gasteiger partial charge in [0, 0.05) is 12.8 Å². The molecule has 1 spiro atoms. The molecule has 1 aromatic carbocycles. The minimum Gasteiger partial charge on any atom is -0.545 e. The predicted octanol–water partition coefficient (Wildman–Crippen LogP) is 0.804. The second-order valence-corrected chi connectivity index (χ2v) is 5.36. The van der Waals surface area contributed by atoms with Crippen molar-refractivity contribution in [3.05, 3.63) is 41.0 Å². The van der Waals surface area contributed by atoms with Gasteiger partial charge in [0.15, 0.2) is 0 Å². The van der Waals surface area contributed by atoms with Crippen molar-refractivity contribution < 1.29 is 29.0 Å². The van der Waals surface area contributed by atoms with Gasteiger partial charge in [0.25, 0.3) is 5.79 Å². The van der Waals surface area contributed by atoms with Gasteiger partial charge in [-0.2, -0.15) is 0 Å². The van der Waals surface area contributed by atoms with Crippen molar-refractivity contribution in [2.45, 2.75) is 31.5 Å². The normalized spacial score (nSPS) is 19.7. The van der Waals surface area contributed by atoms with E-state index in [2.05, 4.69) is 0 Å². The Balaban J connectivity index is 1.83. The van der Waals surface area contributed by atoms with E-state index in [9.17, 15) is 19.5 Å². The van der Waals surface area contributed by atoms with Gasteiger partial charge < -0.3 is 19.4 Å². The Bertz CT molecular complexity index is 642. The fourth-order valence-corrected chi connectivity index (χ4v) is 2.67. The van der Waals surface area contributed by atoms with Crippen molar-refractivity contribution in [2.75, 3.05) is 0 Å². The highest BCUT2D eigenvalue weighted by Crippen LogP contribution is 2.38. The van der Waals surface area contributed by atoms with Gasteiger partial charge in [-0.25, -0.2) is 9.59 Å². The van der Waals surface area contributed by atoms with Crippen molar-refractivity contribution in [1.82, 2.24) is 0 Å². The molecular formula is C16H13O6-. The van der Waals surface area contributed by atoms with E-state index in [0.717, 1.165) is 12.8 Å². The third-order valence-corrected chi connectivity index (χ3v) is 3.82. The molecule has 0 amide bonds. The van der Waals surface area contributed by atoms with E-state index < -0.39 is 23.7 Å². The van der Waals surface area contributed by atoms with Gasteiger partial charge in [-0.1, -0.05) is 24.3 Å². The number of carbonyl (C=O) groups excluding carboxylic acids is 3. The zero-order valence-electron chi connectivity index (χ0n) is 11.7. The number of rotatable bonds is 2. The third-order valence-electron chi connectivity index (χ3n) is 3.82. The van der Waals surface area contributed by atoms with E-state index in [-0.39, 0.29) is 11.1 Å². The summed E-state index contributed by atoms with van der Waals surface area (Å²) in [7, 11) is 0. The molecule has 1 saturated carbocycles. The number of carboxylic acid groups (broad SMARTS) is 1. The van der Waals surface area contributed by atoms with Crippen LogP contribution in [-0.4, -0.2) is 23.7 Å². The molecule has 2 aliphatic rings. The summed E-state index contributed by atoms with van der Waals surface area (Å²) in [6.45, 7) is 0. The fourth-order valence-electron chi connectivity index (χ4n) is 2.67. The first kappa shape index (κ1) is 14.3. The van der Waals surface area contributed by atoms with Crippen LogP contribution in [0, 0.1) is 0 Å². The van der Waals surface area contributed by atoms with Crippen molar-refractivity contribution in [2.24, 2.45) is 0 Å². The fraction of sp³-hybridized carbons (Fsp3) is 0.312. The van der Waals surface area contributed by atoms with E-state index in [0.29, 0.717) is 18.4 Å². The summed E-state index contributed by atoms with van der Waals surface area (Å²) in [5.41, 5.74) is 0.316. The lowest BCUT2D eigenvalue weighted by Gasteiger charge is -2.32. The number of hydrogen-bond acceptors (Lipinski definition) is 6. The Hall–Kier alpha value is -2.63. The molecule has 6 nitrogen and oxygen atoms in total. The van der Waals surface area contributed by atoms with Crippen LogP contribution in [0.1, 0.15) is 41.6 Å². The van der Waals surface area contributed by atoms with Crippen molar-refractivity contribution in [1.29, 1.82) is 0 Å². The molecule has 1 saturated heterocycles. The number of ether oxygens (including phenoxy) is 2. The third kappa shape index (κ3) is 2.59. The van der Waals surface area contributed by atoms with Gasteiger partial charge in [0.2, 0.25) is 0 Å². The minimum atomic E-state index is -1.29. The molecule has 0 unspecified atom stereocenters. The van der Waals surface area contributed by atoms with Crippen LogP contribution < -0.4 is 5.11 Å². The lowest BCUT2D eigenvalue weighted by atomic mass is 10.1. The second kappa shape index (κ2) is 5.29. The van der Waals surface area contributed by atoms with Gasteiger partial charge >= 0.3 is 11.9 Å². The molecule has 1 aliphatic carbocycles. The van der Waals surface area contributed by atoms with Gasteiger partial charge in [0.1, 0.15) is 5.57 Å². The highest BCUT2D eigenvalue weighted by atomic mass is 16.7. The molecule has 1 heterocycles. The Kier molecular flexibility index (Phi) is 3.44. The SMILES string of the molecule is O=C1OC2(CCCC2)OC(=O)C1=Cc1ccc(C(=O)[O-])cc1. The van der Waals surface area contributed by atoms with Crippen molar-refractivity contribution >= 4 is 24.0 Å². The first-order valence-corrected chi connectivity index (χ1v) is 6.99. The molecule has 3 rings (SSSR count). The zero-order valence-corrected chi connectivity index (χ0v) is 11.7. The van der Waals surface area contributed by atoms with Crippen LogP contribution in [0.25, 0.3) is 6.08 Å². The predicted molar refractivity (Wildman–Crippen MR) is 72.1 cm³/mol. The first-order chi connectivity index (χ1) is 10.5. The molecule has 0 atom stereocenters. The van der Waals surface area contributed by atoms with Crippen LogP contribution in [-0.2, 0) is 19.1 Å². The standard InChI is InChI=1S/C16H14O6/c17-13(18)11-5-3-10(4-6-11)9-12-14(19)21-16(22-15(12)20)7-1-2-8-16/h3-6,9H,1-2,7-8H2,(H,17,18)/p-1. The zero-order chi connectivity index (χ0) is 15.7. The lowest BCUT2D eigenvalue weighted by Crippen LogP contribution is -2.44. The maximum Gasteiger partial charge on any atom is 0.348 e. The largest absolute Gasteiger partial charge is 0.545 e. The van der Waals surface area contributed by atoms with Crippen molar-refractivity contribution in [3.63, 3.8) is 0 Å². The molecule has 0 radical (unpaired) electrons. The van der Waals surface area contributed by atoms with Crippen LogP contribution in [0.4, 0.5) is 0 Å². The van der Waals surface area contributed by atoms with Gasteiger partial charge in [0.05, 0.1) is 5.97 Å². The first-order valence-electron chi connectivity index (χ1n) is 6.99. The number of benzene rings is 1. The van der Waals surface area contributed by atoms with Crippen LogP contribution in [0.2, 0.25) is 0 Å². The maximum absolute atomic E-state index is 12.0. The van der Waals surface area contributed by atoms with Crippen LogP contribution in [0.5, 0.6) is 0 Å². The summed E-state index contributed by atoms with van der Waals surface area (Å²) in [5, 5.41) is 10.7. The number of aromatic carboxylic acids is 1. The highest BCUT2D eigenvalue weighted by molar-refractivity contribution is 6.18. The van der Waals surface area contributed by atoms with Gasteiger partial charge in [-0.3, -0.25) is 0 Å². The summed E-state index contributed by atoms with van der Waals surface area (Å²) < 4.78 is 10.6. The minimum absolute atomic E-state index is 0.0147. The molecule has 0 bridgehead atoms. The van der Waals surface area contributed by atoms with E-state index in [1.807, 2.05) is 0 Å². The van der Waals surface area contributed by atoms with E-state index >= 15 is 0 Å². The van der Waals surface area contributed by atoms with E-state index in [1.54, 1.807) is 0 Å². The Morgan fingerprint density at radius 1 is 1.05 bits per heavy atom. The van der Waals surface area contributed by atoms with Gasteiger partial charge in [-0.05, 0) is 30.0 Å². The van der Waals surface area contributed by atoms with Gasteiger partial charge in [-0.15, -0.1) is 0 Å². The smallest absolute Gasteiger partial charge is 0.348 e. The maximum atomic E-state index is 12.0. The summed E-state index contributed by atoms with van der Waals surface area (Å²) >= 11 is 0. The topological polar surface area (TPSA) is 92.7 Å². The molecule has 1 aliphatic heterocycles. The summed E-state index contributed by atoms with van der Waals surface area (Å²) in [6.07, 6.45) is 4.08. The molecule has 114 valence electrons. The van der Waals surface area contributed by atoms with E-state index in [1.165, 1.54) is 30.3 Å². The summed E-state index contributed by atoms with van der Waals surface area (Å²) in [5.74, 6) is -3.80. The lowest BCUT2D eigenvalue weighted by molar-refractivity contribution is -0.255. The molecule has 2 fully saturated rings. The molecule has 0 aromatic heterocycles. The monoisotopic (exact) mass is 301 g/mol. The Labute approximate surface area is 126 Å². The molecule has 6 heteroatoms. The number of carboxylic acids is 1. The van der Waals surface area contributed by atoms with Crippen LogP contribution >= 0.6 is 0 Å². The summed E-state index contributed by atoms with van der Waals surface area (Å²) in [6, 6.07) is 5.61. The quantitative estimate of drug-likeness (QED) is 0.456. The molecule has 0 N–H and O–H groups in total. The Morgan fingerprint density at radius 2 is 1.59 bits per heavy atom. The molecule has 22 heavy (non-hydrogen) atoms. The average molecular weight is 301 g/mol. The Morgan fingerprint density at radius 3 is 2.09 bits per heavy atom. The average Bonchev–Trinajstić information content (AvgIpc) is 2.91.